The fourth-order valence-electron chi connectivity index (χ4n) is 4.44. The molecule has 0 bridgehead atoms. The van der Waals surface area contributed by atoms with Crippen molar-refractivity contribution in [2.75, 3.05) is 42.2 Å². The molecule has 0 radical (unpaired) electrons. The van der Waals surface area contributed by atoms with E-state index >= 15 is 0 Å². The molecule has 0 saturated carbocycles. The highest BCUT2D eigenvalue weighted by atomic mass is 15.3. The number of aromatic nitrogens is 2. The van der Waals surface area contributed by atoms with Crippen LogP contribution in [0.3, 0.4) is 0 Å². The van der Waals surface area contributed by atoms with Crippen LogP contribution in [0.15, 0.2) is 48.5 Å². The molecule has 0 atom stereocenters. The Labute approximate surface area is 153 Å². The summed E-state index contributed by atoms with van der Waals surface area (Å²) in [5.74, 6) is 1.74. The number of para-hydroxylation sites is 2. The Bertz CT molecular complexity index is 960. The van der Waals surface area contributed by atoms with Crippen LogP contribution in [-0.4, -0.2) is 36.6 Å². The molecule has 5 nitrogen and oxygen atoms in total. The van der Waals surface area contributed by atoms with Crippen molar-refractivity contribution < 1.29 is 0 Å². The average Bonchev–Trinajstić information content (AvgIpc) is 3.06. The second-order valence-electron chi connectivity index (χ2n) is 7.31. The fourth-order valence-corrected chi connectivity index (χ4v) is 4.44. The molecule has 3 heterocycles. The molecular weight excluding hydrogens is 322 g/mol. The van der Waals surface area contributed by atoms with Crippen molar-refractivity contribution in [1.29, 1.82) is 0 Å². The lowest BCUT2D eigenvalue weighted by atomic mass is 9.74. The van der Waals surface area contributed by atoms with Gasteiger partial charge in [-0.15, -0.1) is 0 Å². The topological polar surface area (TPSA) is 53.1 Å². The molecule has 2 N–H and O–H groups in total. The first-order valence-electron chi connectivity index (χ1n) is 9.32. The van der Waals surface area contributed by atoms with Crippen molar-refractivity contribution in [3.8, 4) is 0 Å². The van der Waals surface area contributed by atoms with Gasteiger partial charge in [0.1, 0.15) is 5.82 Å². The van der Waals surface area contributed by atoms with Crippen LogP contribution < -0.4 is 15.5 Å². The third-order valence-corrected chi connectivity index (χ3v) is 5.95. The highest BCUT2D eigenvalue weighted by Crippen LogP contribution is 2.44. The first kappa shape index (κ1) is 15.4. The van der Waals surface area contributed by atoms with Crippen LogP contribution in [0.5, 0.6) is 0 Å². The zero-order valence-corrected chi connectivity index (χ0v) is 15.0. The molecule has 0 unspecified atom stereocenters. The lowest BCUT2D eigenvalue weighted by Gasteiger charge is -2.39. The van der Waals surface area contributed by atoms with Crippen LogP contribution in [0.4, 0.5) is 17.5 Å². The van der Waals surface area contributed by atoms with Gasteiger partial charge in [0.2, 0.25) is 5.95 Å². The molecule has 2 aliphatic heterocycles. The number of benzene rings is 2. The van der Waals surface area contributed by atoms with E-state index in [1.165, 1.54) is 11.3 Å². The van der Waals surface area contributed by atoms with Crippen LogP contribution in [-0.2, 0) is 5.41 Å². The van der Waals surface area contributed by atoms with Crippen LogP contribution in [0.25, 0.3) is 10.9 Å². The second kappa shape index (κ2) is 5.87. The van der Waals surface area contributed by atoms with Crippen molar-refractivity contribution >= 4 is 28.4 Å². The van der Waals surface area contributed by atoms with Gasteiger partial charge in [-0.05, 0) is 36.6 Å². The zero-order valence-electron chi connectivity index (χ0n) is 15.0. The Morgan fingerprint density at radius 3 is 2.62 bits per heavy atom. The van der Waals surface area contributed by atoms with E-state index in [0.717, 1.165) is 55.1 Å². The molecule has 1 fully saturated rings. The monoisotopic (exact) mass is 345 g/mol. The molecule has 2 aromatic carbocycles. The van der Waals surface area contributed by atoms with E-state index in [1.54, 1.807) is 0 Å². The lowest BCUT2D eigenvalue weighted by Crippen LogP contribution is -2.44. The second-order valence-corrected chi connectivity index (χ2v) is 7.31. The first-order chi connectivity index (χ1) is 12.8. The summed E-state index contributed by atoms with van der Waals surface area (Å²) >= 11 is 0. The minimum Gasteiger partial charge on any atom is -0.384 e. The van der Waals surface area contributed by atoms with Gasteiger partial charge >= 0.3 is 0 Å². The van der Waals surface area contributed by atoms with Gasteiger partial charge in [0.05, 0.1) is 5.52 Å². The summed E-state index contributed by atoms with van der Waals surface area (Å²) in [6, 6.07) is 16.9. The van der Waals surface area contributed by atoms with Crippen LogP contribution in [0.2, 0.25) is 0 Å². The fraction of sp³-hybridized carbons (Fsp3) is 0.333. The Morgan fingerprint density at radius 2 is 1.77 bits per heavy atom. The Balaban J connectivity index is 1.44. The van der Waals surface area contributed by atoms with Gasteiger partial charge in [0.15, 0.2) is 0 Å². The predicted octanol–water partition coefficient (Wildman–Crippen LogP) is 3.64. The van der Waals surface area contributed by atoms with E-state index in [4.69, 9.17) is 9.97 Å². The largest absolute Gasteiger partial charge is 0.384 e. The summed E-state index contributed by atoms with van der Waals surface area (Å²) in [6.07, 6.45) is 2.25. The Morgan fingerprint density at radius 1 is 1.00 bits per heavy atom. The number of piperidine rings is 1. The van der Waals surface area contributed by atoms with E-state index in [2.05, 4.69) is 51.9 Å². The third kappa shape index (κ3) is 2.30. The summed E-state index contributed by atoms with van der Waals surface area (Å²) < 4.78 is 0. The van der Waals surface area contributed by atoms with Crippen LogP contribution in [0.1, 0.15) is 18.4 Å². The van der Waals surface area contributed by atoms with Gasteiger partial charge in [-0.25, -0.2) is 4.98 Å². The number of hydrogen-bond acceptors (Lipinski definition) is 5. The quantitative estimate of drug-likeness (QED) is 0.743. The summed E-state index contributed by atoms with van der Waals surface area (Å²) in [7, 11) is 1.92. The van der Waals surface area contributed by atoms with Crippen LogP contribution >= 0.6 is 0 Å². The molecule has 3 aromatic rings. The lowest BCUT2D eigenvalue weighted by molar-refractivity contribution is 0.360. The van der Waals surface area contributed by atoms with Gasteiger partial charge in [-0.2, -0.15) is 4.98 Å². The van der Waals surface area contributed by atoms with Crippen LogP contribution in [0, 0.1) is 0 Å². The molecule has 2 aliphatic rings. The molecule has 0 amide bonds. The number of hydrogen-bond donors (Lipinski definition) is 2. The molecule has 5 heteroatoms. The standard InChI is InChI=1S/C21H23N5/c1-22-19-15-6-2-4-8-17(15)24-20(25-19)26-12-10-21(11-13-26)14-23-18-9-5-3-7-16(18)21/h2-9,23H,10-14H2,1H3,(H,22,24,25). The molecule has 26 heavy (non-hydrogen) atoms. The maximum Gasteiger partial charge on any atom is 0.227 e. The van der Waals surface area contributed by atoms with E-state index in [9.17, 15) is 0 Å². The third-order valence-electron chi connectivity index (χ3n) is 5.95. The molecule has 1 saturated heterocycles. The van der Waals surface area contributed by atoms with Gasteiger partial charge < -0.3 is 15.5 Å². The average molecular weight is 345 g/mol. The maximum atomic E-state index is 4.83. The van der Waals surface area contributed by atoms with E-state index in [1.807, 2.05) is 19.2 Å². The number of anilines is 3. The summed E-state index contributed by atoms with van der Waals surface area (Å²) in [6.45, 7) is 3.01. The first-order valence-corrected chi connectivity index (χ1v) is 9.32. The Kier molecular flexibility index (Phi) is 3.48. The summed E-state index contributed by atoms with van der Waals surface area (Å²) in [5.41, 5.74) is 4.04. The van der Waals surface area contributed by atoms with Crippen molar-refractivity contribution in [3.05, 3.63) is 54.1 Å². The normalized spacial score (nSPS) is 18.0. The maximum absolute atomic E-state index is 4.83. The summed E-state index contributed by atoms with van der Waals surface area (Å²) in [4.78, 5) is 11.9. The van der Waals surface area contributed by atoms with Gasteiger partial charge in [0.25, 0.3) is 0 Å². The highest BCUT2D eigenvalue weighted by molar-refractivity contribution is 5.90. The number of nitrogens with one attached hydrogen (secondary N) is 2. The van der Waals surface area contributed by atoms with Crippen molar-refractivity contribution in [2.45, 2.75) is 18.3 Å². The van der Waals surface area contributed by atoms with E-state index in [-0.39, 0.29) is 5.41 Å². The minimum absolute atomic E-state index is 0.260. The highest BCUT2D eigenvalue weighted by Gasteiger charge is 2.41. The van der Waals surface area contributed by atoms with Crippen molar-refractivity contribution in [3.63, 3.8) is 0 Å². The zero-order chi connectivity index (χ0) is 17.6. The van der Waals surface area contributed by atoms with Gasteiger partial charge in [-0.3, -0.25) is 0 Å². The predicted molar refractivity (Wildman–Crippen MR) is 107 cm³/mol. The SMILES string of the molecule is CNc1nc(N2CCC3(CC2)CNc2ccccc23)nc2ccccc12. The molecule has 1 aromatic heterocycles. The number of nitrogens with zero attached hydrogens (tertiary/aromatic N) is 3. The van der Waals surface area contributed by atoms with Crippen molar-refractivity contribution in [2.24, 2.45) is 0 Å². The number of fused-ring (bicyclic) bond motifs is 3. The Hall–Kier alpha value is -2.82. The molecule has 0 aliphatic carbocycles. The van der Waals surface area contributed by atoms with Gasteiger partial charge in [0, 0.05) is 43.2 Å². The summed E-state index contributed by atoms with van der Waals surface area (Å²) in [5, 5.41) is 7.89. The smallest absolute Gasteiger partial charge is 0.227 e. The molecule has 1 spiro atoms. The molecule has 132 valence electrons. The van der Waals surface area contributed by atoms with E-state index < -0.39 is 0 Å². The minimum atomic E-state index is 0.260. The van der Waals surface area contributed by atoms with Gasteiger partial charge in [-0.1, -0.05) is 30.3 Å². The van der Waals surface area contributed by atoms with E-state index in [0.29, 0.717) is 0 Å². The molecular formula is C21H23N5. The van der Waals surface area contributed by atoms with Crippen molar-refractivity contribution in [1.82, 2.24) is 9.97 Å². The number of rotatable bonds is 2. The molecule has 5 rings (SSSR count).